The maximum atomic E-state index is 12.8. The Hall–Kier alpha value is -3.39. The number of fused-ring (bicyclic) bond motifs is 1. The quantitative estimate of drug-likeness (QED) is 0.482. The number of aliphatic hydroxyl groups excluding tert-OH is 1. The number of pyridine rings is 1. The van der Waals surface area contributed by atoms with Crippen LogP contribution in [-0.4, -0.2) is 46.3 Å². The summed E-state index contributed by atoms with van der Waals surface area (Å²) < 4.78 is 6.84. The number of aromatic nitrogens is 2. The van der Waals surface area contributed by atoms with Crippen molar-refractivity contribution in [1.82, 2.24) is 9.55 Å². The van der Waals surface area contributed by atoms with Crippen LogP contribution < -0.4 is 10.6 Å². The molecule has 1 amide bonds. The molecule has 162 valence electrons. The molecule has 1 saturated carbocycles. The summed E-state index contributed by atoms with van der Waals surface area (Å²) in [6, 6.07) is 11.4. The summed E-state index contributed by atoms with van der Waals surface area (Å²) in [6.07, 6.45) is 3.35. The van der Waals surface area contributed by atoms with Gasteiger partial charge >= 0.3 is 5.97 Å². The molecule has 2 heterocycles. The molecule has 0 saturated heterocycles. The Kier molecular flexibility index (Phi) is 5.90. The Morgan fingerprint density at radius 2 is 2.03 bits per heavy atom. The van der Waals surface area contributed by atoms with Crippen LogP contribution in [0.3, 0.4) is 0 Å². The van der Waals surface area contributed by atoms with E-state index in [1.807, 2.05) is 43.3 Å². The van der Waals surface area contributed by atoms with E-state index in [0.29, 0.717) is 29.0 Å². The van der Waals surface area contributed by atoms with E-state index in [1.54, 1.807) is 10.8 Å². The smallest absolute Gasteiger partial charge is 0.356 e. The van der Waals surface area contributed by atoms with E-state index in [-0.39, 0.29) is 30.2 Å². The van der Waals surface area contributed by atoms with Gasteiger partial charge in [0, 0.05) is 23.9 Å². The number of methoxy groups -OCH3 is 1. The molecule has 8 heteroatoms. The van der Waals surface area contributed by atoms with Crippen molar-refractivity contribution in [2.24, 2.45) is 5.92 Å². The van der Waals surface area contributed by atoms with Crippen LogP contribution in [-0.2, 0) is 16.1 Å². The minimum Gasteiger partial charge on any atom is -0.464 e. The van der Waals surface area contributed by atoms with Gasteiger partial charge < -0.3 is 25.0 Å². The first-order chi connectivity index (χ1) is 15.0. The standard InChI is InChI=1S/C23H26N4O4/c1-14(13-28)25-17-10-18-19(26-22(29)16-8-9-16)20(23(30)31-2)27(21(18)24-11-17)12-15-6-4-3-5-7-15/h3-7,10-11,14,16,25,28H,8-9,12-13H2,1-2H3,(H,26,29). The summed E-state index contributed by atoms with van der Waals surface area (Å²) in [5, 5.41) is 16.1. The lowest BCUT2D eigenvalue weighted by Gasteiger charge is -2.12. The van der Waals surface area contributed by atoms with Crippen LogP contribution in [0.4, 0.5) is 11.4 Å². The van der Waals surface area contributed by atoms with Gasteiger partial charge in [0.15, 0.2) is 5.69 Å². The highest BCUT2D eigenvalue weighted by atomic mass is 16.5. The fourth-order valence-corrected chi connectivity index (χ4v) is 3.56. The predicted octanol–water partition coefficient (Wildman–Crippen LogP) is 3.01. The molecular weight excluding hydrogens is 396 g/mol. The molecule has 1 aromatic carbocycles. The zero-order valence-corrected chi connectivity index (χ0v) is 17.6. The molecule has 31 heavy (non-hydrogen) atoms. The summed E-state index contributed by atoms with van der Waals surface area (Å²) >= 11 is 0. The van der Waals surface area contributed by atoms with Gasteiger partial charge in [0.25, 0.3) is 0 Å². The van der Waals surface area contributed by atoms with Crippen LogP contribution in [0.2, 0.25) is 0 Å². The number of rotatable bonds is 8. The first kappa shape index (κ1) is 20.9. The van der Waals surface area contributed by atoms with Crippen molar-refractivity contribution >= 4 is 34.3 Å². The molecular formula is C23H26N4O4. The number of aliphatic hydroxyl groups is 1. The normalized spacial score (nSPS) is 14.3. The lowest BCUT2D eigenvalue weighted by atomic mass is 10.2. The average molecular weight is 422 g/mol. The third-order valence-corrected chi connectivity index (χ3v) is 5.34. The van der Waals surface area contributed by atoms with E-state index in [1.165, 1.54) is 7.11 Å². The zero-order chi connectivity index (χ0) is 22.0. The van der Waals surface area contributed by atoms with E-state index in [0.717, 1.165) is 18.4 Å². The van der Waals surface area contributed by atoms with Crippen molar-refractivity contribution in [2.45, 2.75) is 32.4 Å². The van der Waals surface area contributed by atoms with Crippen molar-refractivity contribution in [2.75, 3.05) is 24.4 Å². The monoisotopic (exact) mass is 422 g/mol. The highest BCUT2D eigenvalue weighted by Crippen LogP contribution is 2.36. The Labute approximate surface area is 180 Å². The number of ether oxygens (including phenoxy) is 1. The second-order valence-corrected chi connectivity index (χ2v) is 7.87. The highest BCUT2D eigenvalue weighted by Gasteiger charge is 2.33. The maximum Gasteiger partial charge on any atom is 0.356 e. The molecule has 3 aromatic rings. The molecule has 1 aliphatic carbocycles. The van der Waals surface area contributed by atoms with Crippen molar-refractivity contribution in [1.29, 1.82) is 0 Å². The molecule has 2 aromatic heterocycles. The van der Waals surface area contributed by atoms with Gasteiger partial charge in [-0.2, -0.15) is 0 Å². The number of hydrogen-bond acceptors (Lipinski definition) is 6. The van der Waals surface area contributed by atoms with Crippen LogP contribution in [0.25, 0.3) is 11.0 Å². The number of benzene rings is 1. The topological polar surface area (TPSA) is 105 Å². The Bertz CT molecular complexity index is 1110. The second kappa shape index (κ2) is 8.77. The first-order valence-corrected chi connectivity index (χ1v) is 10.3. The van der Waals surface area contributed by atoms with E-state index in [2.05, 4.69) is 15.6 Å². The fourth-order valence-electron chi connectivity index (χ4n) is 3.56. The van der Waals surface area contributed by atoms with E-state index in [9.17, 15) is 14.7 Å². The summed E-state index contributed by atoms with van der Waals surface area (Å²) in [5.74, 6) is -0.675. The van der Waals surface area contributed by atoms with Crippen LogP contribution in [0.1, 0.15) is 35.8 Å². The number of nitrogens with zero attached hydrogens (tertiary/aromatic N) is 2. The van der Waals surface area contributed by atoms with E-state index in [4.69, 9.17) is 4.74 Å². The molecule has 3 N–H and O–H groups in total. The van der Waals surface area contributed by atoms with E-state index >= 15 is 0 Å². The average Bonchev–Trinajstić information content (AvgIpc) is 3.60. The number of nitrogens with one attached hydrogen (secondary N) is 2. The molecule has 1 fully saturated rings. The fraction of sp³-hybridized carbons (Fsp3) is 0.348. The Morgan fingerprint density at radius 3 is 2.68 bits per heavy atom. The maximum absolute atomic E-state index is 12.8. The molecule has 0 aliphatic heterocycles. The van der Waals surface area contributed by atoms with Gasteiger partial charge in [-0.25, -0.2) is 9.78 Å². The van der Waals surface area contributed by atoms with Gasteiger partial charge in [-0.05, 0) is 31.4 Å². The number of hydrogen-bond donors (Lipinski definition) is 3. The number of anilines is 2. The number of amides is 1. The van der Waals surface area contributed by atoms with Gasteiger partial charge in [-0.15, -0.1) is 0 Å². The molecule has 1 aliphatic rings. The van der Waals surface area contributed by atoms with Crippen LogP contribution >= 0.6 is 0 Å². The lowest BCUT2D eigenvalue weighted by Crippen LogP contribution is -2.19. The Balaban J connectivity index is 1.88. The SMILES string of the molecule is COC(=O)c1c(NC(=O)C2CC2)c2cc(NC(C)CO)cnc2n1Cc1ccccc1. The van der Waals surface area contributed by atoms with Gasteiger partial charge in [-0.1, -0.05) is 30.3 Å². The van der Waals surface area contributed by atoms with Gasteiger partial charge in [0.05, 0.1) is 31.3 Å². The van der Waals surface area contributed by atoms with Crippen molar-refractivity contribution in [3.8, 4) is 0 Å². The number of carbonyl (C=O) groups excluding carboxylic acids is 2. The molecule has 8 nitrogen and oxygen atoms in total. The highest BCUT2D eigenvalue weighted by molar-refractivity contribution is 6.11. The molecule has 4 rings (SSSR count). The molecule has 1 unspecified atom stereocenters. The molecule has 0 spiro atoms. The van der Waals surface area contributed by atoms with Crippen molar-refractivity contribution < 1.29 is 19.4 Å². The van der Waals surface area contributed by atoms with Gasteiger partial charge in [-0.3, -0.25) is 4.79 Å². The van der Waals surface area contributed by atoms with E-state index < -0.39 is 5.97 Å². The first-order valence-electron chi connectivity index (χ1n) is 10.3. The number of esters is 1. The van der Waals surface area contributed by atoms with Crippen LogP contribution in [0.15, 0.2) is 42.6 Å². The zero-order valence-electron chi connectivity index (χ0n) is 17.6. The summed E-state index contributed by atoms with van der Waals surface area (Å²) in [5.41, 5.74) is 2.90. The van der Waals surface area contributed by atoms with Crippen molar-refractivity contribution in [3.05, 3.63) is 53.9 Å². The molecule has 0 bridgehead atoms. The lowest BCUT2D eigenvalue weighted by molar-refractivity contribution is -0.117. The van der Waals surface area contributed by atoms with Gasteiger partial charge in [0.2, 0.25) is 5.91 Å². The molecule has 0 radical (unpaired) electrons. The molecule has 1 atom stereocenters. The minimum atomic E-state index is -0.543. The van der Waals surface area contributed by atoms with Crippen molar-refractivity contribution in [3.63, 3.8) is 0 Å². The third-order valence-electron chi connectivity index (χ3n) is 5.34. The van der Waals surface area contributed by atoms with Gasteiger partial charge in [0.1, 0.15) is 5.65 Å². The third kappa shape index (κ3) is 4.39. The largest absolute Gasteiger partial charge is 0.464 e. The predicted molar refractivity (Wildman–Crippen MR) is 118 cm³/mol. The van der Waals surface area contributed by atoms with Crippen LogP contribution in [0.5, 0.6) is 0 Å². The van der Waals surface area contributed by atoms with Crippen LogP contribution in [0, 0.1) is 5.92 Å². The summed E-state index contributed by atoms with van der Waals surface area (Å²) in [4.78, 5) is 30.0. The Morgan fingerprint density at radius 1 is 1.29 bits per heavy atom. The second-order valence-electron chi connectivity index (χ2n) is 7.87. The minimum absolute atomic E-state index is 0.0262. The summed E-state index contributed by atoms with van der Waals surface area (Å²) in [7, 11) is 1.32. The summed E-state index contributed by atoms with van der Waals surface area (Å²) in [6.45, 7) is 2.21. The number of carbonyl (C=O) groups is 2.